The molecule has 25 heavy (non-hydrogen) atoms. The van der Waals surface area contributed by atoms with Crippen LogP contribution in [0.15, 0.2) is 30.6 Å². The van der Waals surface area contributed by atoms with Crippen molar-refractivity contribution in [2.75, 3.05) is 16.9 Å². The number of nitrogen functional groups attached to an aromatic ring is 1. The van der Waals surface area contributed by atoms with Gasteiger partial charge in [0.05, 0.1) is 10.9 Å². The Morgan fingerprint density at radius 1 is 1.24 bits per heavy atom. The SMILES string of the molecule is CC(C)(C)n1nc(-c2ccc(NC(=O)CCl)cc2)c2c(N)ncnc21. The maximum Gasteiger partial charge on any atom is 0.239 e. The van der Waals surface area contributed by atoms with E-state index in [9.17, 15) is 4.79 Å². The Morgan fingerprint density at radius 3 is 2.52 bits per heavy atom. The Kier molecular flexibility index (Phi) is 4.34. The normalized spacial score (nSPS) is 11.7. The number of amides is 1. The second-order valence-electron chi connectivity index (χ2n) is 6.65. The zero-order chi connectivity index (χ0) is 18.2. The largest absolute Gasteiger partial charge is 0.383 e. The highest BCUT2D eigenvalue weighted by Gasteiger charge is 2.23. The van der Waals surface area contributed by atoms with Gasteiger partial charge in [-0.25, -0.2) is 14.6 Å². The van der Waals surface area contributed by atoms with Gasteiger partial charge in [-0.15, -0.1) is 11.6 Å². The van der Waals surface area contributed by atoms with Crippen LogP contribution in [0, 0.1) is 0 Å². The third-order valence-electron chi connectivity index (χ3n) is 3.69. The number of nitrogens with two attached hydrogens (primary N) is 1. The van der Waals surface area contributed by atoms with Gasteiger partial charge in [-0.05, 0) is 32.9 Å². The van der Waals surface area contributed by atoms with Gasteiger partial charge in [0.1, 0.15) is 23.7 Å². The molecule has 0 spiro atoms. The number of alkyl halides is 1. The first kappa shape index (κ1) is 17.2. The maximum absolute atomic E-state index is 11.4. The zero-order valence-electron chi connectivity index (χ0n) is 14.2. The van der Waals surface area contributed by atoms with Crippen LogP contribution in [-0.4, -0.2) is 31.5 Å². The van der Waals surface area contributed by atoms with Gasteiger partial charge >= 0.3 is 0 Å². The number of carbonyl (C=O) groups excluding carboxylic acids is 1. The molecule has 0 atom stereocenters. The van der Waals surface area contributed by atoms with Crippen molar-refractivity contribution >= 4 is 40.0 Å². The average molecular weight is 359 g/mol. The van der Waals surface area contributed by atoms with Crippen molar-refractivity contribution in [2.45, 2.75) is 26.3 Å². The van der Waals surface area contributed by atoms with Crippen molar-refractivity contribution in [1.29, 1.82) is 0 Å². The molecule has 2 heterocycles. The predicted octanol–water partition coefficient (Wildman–Crippen LogP) is 3.01. The molecular weight excluding hydrogens is 340 g/mol. The summed E-state index contributed by atoms with van der Waals surface area (Å²) in [5.41, 5.74) is 8.75. The van der Waals surface area contributed by atoms with Crippen LogP contribution in [-0.2, 0) is 10.3 Å². The Labute approximate surface area is 150 Å². The van der Waals surface area contributed by atoms with Gasteiger partial charge in [-0.1, -0.05) is 12.1 Å². The number of anilines is 2. The molecule has 0 fully saturated rings. The molecule has 7 nitrogen and oxygen atoms in total. The Morgan fingerprint density at radius 2 is 1.92 bits per heavy atom. The minimum atomic E-state index is -0.258. The first-order chi connectivity index (χ1) is 11.8. The molecule has 0 aliphatic heterocycles. The highest BCUT2D eigenvalue weighted by atomic mass is 35.5. The summed E-state index contributed by atoms with van der Waals surface area (Å²) in [7, 11) is 0. The van der Waals surface area contributed by atoms with Gasteiger partial charge in [0.2, 0.25) is 5.91 Å². The van der Waals surface area contributed by atoms with Crippen molar-refractivity contribution in [2.24, 2.45) is 0 Å². The molecule has 0 saturated heterocycles. The number of hydrogen-bond acceptors (Lipinski definition) is 5. The monoisotopic (exact) mass is 358 g/mol. The molecule has 0 radical (unpaired) electrons. The molecule has 3 N–H and O–H groups in total. The molecule has 0 aliphatic rings. The van der Waals surface area contributed by atoms with E-state index in [0.717, 1.165) is 10.9 Å². The summed E-state index contributed by atoms with van der Waals surface area (Å²) >= 11 is 5.50. The fraction of sp³-hybridized carbons (Fsp3) is 0.294. The van der Waals surface area contributed by atoms with Crippen LogP contribution in [0.3, 0.4) is 0 Å². The second-order valence-corrected chi connectivity index (χ2v) is 6.92. The minimum Gasteiger partial charge on any atom is -0.383 e. The van der Waals surface area contributed by atoms with Crippen LogP contribution in [0.5, 0.6) is 0 Å². The predicted molar refractivity (Wildman–Crippen MR) is 99.5 cm³/mol. The molecule has 2 aromatic heterocycles. The lowest BCUT2D eigenvalue weighted by molar-refractivity contribution is -0.113. The van der Waals surface area contributed by atoms with E-state index in [-0.39, 0.29) is 17.3 Å². The highest BCUT2D eigenvalue weighted by molar-refractivity contribution is 6.29. The van der Waals surface area contributed by atoms with E-state index in [1.165, 1.54) is 6.33 Å². The summed E-state index contributed by atoms with van der Waals surface area (Å²) in [5.74, 6) is 0.0422. The van der Waals surface area contributed by atoms with Crippen LogP contribution in [0.4, 0.5) is 11.5 Å². The van der Waals surface area contributed by atoms with Crippen LogP contribution in [0.2, 0.25) is 0 Å². The standard InChI is InChI=1S/C17H19ClN6O/c1-17(2,3)24-16-13(15(19)20-9-21-16)14(23-24)10-4-6-11(7-5-10)22-12(25)8-18/h4-7,9H,8H2,1-3H3,(H,22,25)(H2,19,20,21). The summed E-state index contributed by atoms with van der Waals surface area (Å²) in [6, 6.07) is 7.32. The molecule has 0 saturated carbocycles. The van der Waals surface area contributed by atoms with Crippen molar-refractivity contribution in [3.05, 3.63) is 30.6 Å². The van der Waals surface area contributed by atoms with Gasteiger partial charge in [0.25, 0.3) is 0 Å². The lowest BCUT2D eigenvalue weighted by Crippen LogP contribution is -2.23. The van der Waals surface area contributed by atoms with E-state index in [1.54, 1.807) is 12.1 Å². The summed E-state index contributed by atoms with van der Waals surface area (Å²) in [5, 5.41) is 8.14. The molecule has 130 valence electrons. The van der Waals surface area contributed by atoms with Crippen molar-refractivity contribution in [3.8, 4) is 11.3 Å². The second kappa shape index (κ2) is 6.33. The Bertz CT molecular complexity index is 927. The van der Waals surface area contributed by atoms with Gasteiger partial charge in [0.15, 0.2) is 5.65 Å². The topological polar surface area (TPSA) is 98.7 Å². The molecule has 1 aromatic carbocycles. The quantitative estimate of drug-likeness (QED) is 0.701. The lowest BCUT2D eigenvalue weighted by Gasteiger charge is -2.19. The molecule has 3 aromatic rings. The number of benzene rings is 1. The van der Waals surface area contributed by atoms with Crippen LogP contribution >= 0.6 is 11.6 Å². The summed E-state index contributed by atoms with van der Waals surface area (Å²) < 4.78 is 1.85. The molecule has 8 heteroatoms. The number of nitrogens with zero attached hydrogens (tertiary/aromatic N) is 4. The Balaban J connectivity index is 2.11. The first-order valence-corrected chi connectivity index (χ1v) is 8.30. The first-order valence-electron chi connectivity index (χ1n) is 7.77. The number of rotatable bonds is 3. The van der Waals surface area contributed by atoms with Crippen LogP contribution in [0.1, 0.15) is 20.8 Å². The molecule has 1 amide bonds. The summed E-state index contributed by atoms with van der Waals surface area (Å²) in [4.78, 5) is 19.8. The van der Waals surface area contributed by atoms with Gasteiger partial charge in [-0.2, -0.15) is 5.10 Å². The van der Waals surface area contributed by atoms with Gasteiger partial charge in [0, 0.05) is 11.3 Å². The van der Waals surface area contributed by atoms with Crippen LogP contribution < -0.4 is 11.1 Å². The van der Waals surface area contributed by atoms with E-state index < -0.39 is 0 Å². The number of halogens is 1. The maximum atomic E-state index is 11.4. The summed E-state index contributed by atoms with van der Waals surface area (Å²) in [6.07, 6.45) is 1.44. The highest BCUT2D eigenvalue weighted by Crippen LogP contribution is 2.33. The van der Waals surface area contributed by atoms with Crippen molar-refractivity contribution < 1.29 is 4.79 Å². The van der Waals surface area contributed by atoms with Crippen LogP contribution in [0.25, 0.3) is 22.3 Å². The van der Waals surface area contributed by atoms with E-state index >= 15 is 0 Å². The fourth-order valence-corrected chi connectivity index (χ4v) is 2.62. The van der Waals surface area contributed by atoms with E-state index in [4.69, 9.17) is 22.4 Å². The molecule has 0 bridgehead atoms. The Hall–Kier alpha value is -2.67. The number of fused-ring (bicyclic) bond motifs is 1. The number of aromatic nitrogens is 4. The van der Waals surface area contributed by atoms with E-state index in [1.807, 2.05) is 37.6 Å². The molecular formula is C17H19ClN6O. The summed E-state index contributed by atoms with van der Waals surface area (Å²) in [6.45, 7) is 6.14. The smallest absolute Gasteiger partial charge is 0.239 e. The van der Waals surface area contributed by atoms with Gasteiger partial charge < -0.3 is 11.1 Å². The minimum absolute atomic E-state index is 0.0871. The molecule has 3 rings (SSSR count). The van der Waals surface area contributed by atoms with E-state index in [0.29, 0.717) is 22.8 Å². The third-order valence-corrected chi connectivity index (χ3v) is 3.94. The molecule has 0 aliphatic carbocycles. The number of hydrogen-bond donors (Lipinski definition) is 2. The number of nitrogens with one attached hydrogen (secondary N) is 1. The average Bonchev–Trinajstić information content (AvgIpc) is 2.97. The zero-order valence-corrected chi connectivity index (χ0v) is 15.0. The van der Waals surface area contributed by atoms with Crippen molar-refractivity contribution in [1.82, 2.24) is 19.7 Å². The number of carbonyl (C=O) groups is 1. The molecule has 0 unspecified atom stereocenters. The third kappa shape index (κ3) is 3.28. The van der Waals surface area contributed by atoms with Crippen molar-refractivity contribution in [3.63, 3.8) is 0 Å². The lowest BCUT2D eigenvalue weighted by atomic mass is 10.1. The van der Waals surface area contributed by atoms with Gasteiger partial charge in [-0.3, -0.25) is 4.79 Å². The fourth-order valence-electron chi connectivity index (χ4n) is 2.55. The van der Waals surface area contributed by atoms with E-state index in [2.05, 4.69) is 15.3 Å².